The van der Waals surface area contributed by atoms with Crippen LogP contribution >= 0.6 is 0 Å². The monoisotopic (exact) mass is 396 g/mol. The predicted molar refractivity (Wildman–Crippen MR) is 114 cm³/mol. The van der Waals surface area contributed by atoms with Crippen molar-refractivity contribution in [3.05, 3.63) is 72.8 Å². The van der Waals surface area contributed by atoms with Gasteiger partial charge in [-0.1, -0.05) is 18.2 Å². The quantitative estimate of drug-likeness (QED) is 0.442. The Bertz CT molecular complexity index is 1430. The summed E-state index contributed by atoms with van der Waals surface area (Å²) in [5, 5.41) is 23.4. The molecule has 0 saturated heterocycles. The van der Waals surface area contributed by atoms with E-state index in [1.165, 1.54) is 0 Å². The van der Waals surface area contributed by atoms with Gasteiger partial charge in [0.25, 0.3) is 0 Å². The Balaban J connectivity index is 1.65. The zero-order chi connectivity index (χ0) is 20.7. The number of rotatable bonds is 4. The highest BCUT2D eigenvalue weighted by atomic mass is 16.4. The third kappa shape index (κ3) is 3.00. The summed E-state index contributed by atoms with van der Waals surface area (Å²) in [4.78, 5) is 20.3. The van der Waals surface area contributed by atoms with Gasteiger partial charge in [0.1, 0.15) is 12.1 Å². The fraction of sp³-hybridized carbons (Fsp3) is 0.0455. The molecule has 0 saturated carbocycles. The number of benzene rings is 2. The fourth-order valence-corrected chi connectivity index (χ4v) is 3.49. The molecule has 0 aliphatic heterocycles. The number of aromatic carboxylic acids is 1. The minimum Gasteiger partial charge on any atom is -0.478 e. The lowest BCUT2D eigenvalue weighted by molar-refractivity contribution is 0.0697. The van der Waals surface area contributed by atoms with Crippen molar-refractivity contribution in [1.82, 2.24) is 24.7 Å². The molecule has 30 heavy (non-hydrogen) atoms. The van der Waals surface area contributed by atoms with E-state index in [4.69, 9.17) is 4.98 Å². The van der Waals surface area contributed by atoms with E-state index in [9.17, 15) is 9.90 Å². The van der Waals surface area contributed by atoms with Crippen molar-refractivity contribution in [2.45, 2.75) is 0 Å². The summed E-state index contributed by atoms with van der Waals surface area (Å²) in [5.41, 5.74) is 2.52. The third-order valence-corrected chi connectivity index (χ3v) is 4.94. The average molecular weight is 396 g/mol. The fourth-order valence-electron chi connectivity index (χ4n) is 3.49. The molecule has 2 aromatic carbocycles. The standard InChI is InChI=1S/C22H16N6O2/c1-28-12-24-27-21(28)13-3-2-4-15(9-13)25-20-17-7-8-23-11-18(17)16-6-5-14(22(29)30)10-19(16)26-20/h2-12H,1H3,(H,25,26)(H,29,30). The third-order valence-electron chi connectivity index (χ3n) is 4.94. The van der Waals surface area contributed by atoms with Gasteiger partial charge in [0, 0.05) is 46.9 Å². The summed E-state index contributed by atoms with van der Waals surface area (Å²) in [6.45, 7) is 0. The van der Waals surface area contributed by atoms with Crippen molar-refractivity contribution in [1.29, 1.82) is 0 Å². The lowest BCUT2D eigenvalue weighted by Gasteiger charge is -2.12. The highest BCUT2D eigenvalue weighted by Gasteiger charge is 2.12. The normalized spacial score (nSPS) is 11.1. The van der Waals surface area contributed by atoms with E-state index in [2.05, 4.69) is 20.5 Å². The molecule has 0 aliphatic rings. The number of aromatic nitrogens is 5. The predicted octanol–water partition coefficient (Wildman–Crippen LogP) is 4.02. The molecule has 0 spiro atoms. The number of fused-ring (bicyclic) bond motifs is 3. The minimum atomic E-state index is -0.990. The van der Waals surface area contributed by atoms with Gasteiger partial charge in [-0.15, -0.1) is 10.2 Å². The van der Waals surface area contributed by atoms with Crippen LogP contribution < -0.4 is 5.32 Å². The largest absolute Gasteiger partial charge is 0.478 e. The second-order valence-corrected chi connectivity index (χ2v) is 6.89. The maximum Gasteiger partial charge on any atom is 0.335 e. The van der Waals surface area contributed by atoms with Crippen molar-refractivity contribution in [3.8, 4) is 11.4 Å². The van der Waals surface area contributed by atoms with E-state index in [1.807, 2.05) is 41.9 Å². The number of nitrogens with one attached hydrogen (secondary N) is 1. The smallest absolute Gasteiger partial charge is 0.335 e. The van der Waals surface area contributed by atoms with Crippen LogP contribution in [-0.2, 0) is 7.05 Å². The molecule has 0 unspecified atom stereocenters. The van der Waals surface area contributed by atoms with Crippen molar-refractivity contribution >= 4 is 39.1 Å². The Morgan fingerprint density at radius 3 is 2.77 bits per heavy atom. The van der Waals surface area contributed by atoms with Crippen molar-refractivity contribution in [2.24, 2.45) is 7.05 Å². The van der Waals surface area contributed by atoms with Crippen molar-refractivity contribution in [2.75, 3.05) is 5.32 Å². The molecule has 5 aromatic rings. The summed E-state index contributed by atoms with van der Waals surface area (Å²) in [6, 6.07) is 14.6. The number of pyridine rings is 2. The molecule has 8 nitrogen and oxygen atoms in total. The summed E-state index contributed by atoms with van der Waals surface area (Å²) in [5.74, 6) is 0.388. The minimum absolute atomic E-state index is 0.188. The Kier molecular flexibility index (Phi) is 4.10. The molecule has 0 amide bonds. The molecule has 3 aromatic heterocycles. The van der Waals surface area contributed by atoms with Crippen molar-refractivity contribution < 1.29 is 9.90 Å². The molecule has 0 atom stereocenters. The van der Waals surface area contributed by atoms with Gasteiger partial charge in [0.05, 0.1) is 11.1 Å². The first-order valence-electron chi connectivity index (χ1n) is 9.22. The number of anilines is 2. The van der Waals surface area contributed by atoms with Crippen LogP contribution in [0.4, 0.5) is 11.5 Å². The van der Waals surface area contributed by atoms with E-state index in [-0.39, 0.29) is 5.56 Å². The second kappa shape index (κ2) is 6.93. The van der Waals surface area contributed by atoms with Crippen LogP contribution in [0, 0.1) is 0 Å². The number of carboxylic acids is 1. The number of hydrogen-bond acceptors (Lipinski definition) is 6. The maximum atomic E-state index is 11.4. The molecular formula is C22H16N6O2. The summed E-state index contributed by atoms with van der Waals surface area (Å²) in [6.07, 6.45) is 5.13. The van der Waals surface area contributed by atoms with Crippen LogP contribution in [0.15, 0.2) is 67.3 Å². The van der Waals surface area contributed by atoms with Crippen LogP contribution in [0.1, 0.15) is 10.4 Å². The Morgan fingerprint density at radius 1 is 1.07 bits per heavy atom. The van der Waals surface area contributed by atoms with Gasteiger partial charge < -0.3 is 15.0 Å². The maximum absolute atomic E-state index is 11.4. The van der Waals surface area contributed by atoms with E-state index < -0.39 is 5.97 Å². The molecule has 0 radical (unpaired) electrons. The lowest BCUT2D eigenvalue weighted by atomic mass is 10.1. The number of nitrogens with zero attached hydrogens (tertiary/aromatic N) is 5. The van der Waals surface area contributed by atoms with E-state index in [1.54, 1.807) is 36.9 Å². The van der Waals surface area contributed by atoms with Crippen molar-refractivity contribution in [3.63, 3.8) is 0 Å². The van der Waals surface area contributed by atoms with Gasteiger partial charge in [-0.3, -0.25) is 4.98 Å². The highest BCUT2D eigenvalue weighted by molar-refractivity contribution is 6.11. The van der Waals surface area contributed by atoms with E-state index in [0.717, 1.165) is 33.2 Å². The first kappa shape index (κ1) is 17.7. The molecule has 146 valence electrons. The molecule has 0 bridgehead atoms. The van der Waals surface area contributed by atoms with Gasteiger partial charge in [0.2, 0.25) is 0 Å². The lowest BCUT2D eigenvalue weighted by Crippen LogP contribution is -2.00. The van der Waals surface area contributed by atoms with Crippen LogP contribution in [0.2, 0.25) is 0 Å². The molecular weight excluding hydrogens is 380 g/mol. The zero-order valence-electron chi connectivity index (χ0n) is 15.9. The molecule has 2 N–H and O–H groups in total. The molecule has 0 aliphatic carbocycles. The zero-order valence-corrected chi connectivity index (χ0v) is 15.9. The van der Waals surface area contributed by atoms with Gasteiger partial charge in [-0.2, -0.15) is 0 Å². The Hall–Kier alpha value is -4.33. The van der Waals surface area contributed by atoms with E-state index in [0.29, 0.717) is 11.3 Å². The summed E-state index contributed by atoms with van der Waals surface area (Å²) >= 11 is 0. The number of aryl methyl sites for hydroxylation is 1. The first-order chi connectivity index (χ1) is 14.6. The van der Waals surface area contributed by atoms with E-state index >= 15 is 0 Å². The highest BCUT2D eigenvalue weighted by Crippen LogP contribution is 2.31. The van der Waals surface area contributed by atoms with Crippen LogP contribution in [0.3, 0.4) is 0 Å². The molecule has 5 rings (SSSR count). The van der Waals surface area contributed by atoms with Crippen LogP contribution in [0.5, 0.6) is 0 Å². The molecule has 0 fully saturated rings. The number of carbonyl (C=O) groups is 1. The van der Waals surface area contributed by atoms with Gasteiger partial charge in [-0.25, -0.2) is 9.78 Å². The Morgan fingerprint density at radius 2 is 1.97 bits per heavy atom. The Labute approximate surface area is 170 Å². The second-order valence-electron chi connectivity index (χ2n) is 6.89. The first-order valence-corrected chi connectivity index (χ1v) is 9.22. The molecule has 8 heteroatoms. The SMILES string of the molecule is Cn1cnnc1-c1cccc(Nc2nc3cc(C(=O)O)ccc3c3cnccc23)c1. The number of hydrogen-bond donors (Lipinski definition) is 2. The summed E-state index contributed by atoms with van der Waals surface area (Å²) in [7, 11) is 1.89. The topological polar surface area (TPSA) is 106 Å². The summed E-state index contributed by atoms with van der Waals surface area (Å²) < 4.78 is 1.85. The number of carboxylic acid groups (broad SMARTS) is 1. The van der Waals surface area contributed by atoms with Crippen LogP contribution in [0.25, 0.3) is 33.1 Å². The van der Waals surface area contributed by atoms with Gasteiger partial charge >= 0.3 is 5.97 Å². The average Bonchev–Trinajstić information content (AvgIpc) is 3.19. The van der Waals surface area contributed by atoms with Gasteiger partial charge in [-0.05, 0) is 30.3 Å². The van der Waals surface area contributed by atoms with Crippen LogP contribution in [-0.4, -0.2) is 35.8 Å². The van der Waals surface area contributed by atoms with Gasteiger partial charge in [0.15, 0.2) is 5.82 Å². The molecule has 3 heterocycles.